The van der Waals surface area contributed by atoms with E-state index >= 15 is 0 Å². The zero-order valence-electron chi connectivity index (χ0n) is 11.9. The summed E-state index contributed by atoms with van der Waals surface area (Å²) in [5.41, 5.74) is 0.828. The highest BCUT2D eigenvalue weighted by atomic mass is 35.5. The van der Waals surface area contributed by atoms with E-state index in [-0.39, 0.29) is 6.04 Å². The predicted molar refractivity (Wildman–Crippen MR) is 80.3 cm³/mol. The molecule has 1 aromatic rings. The van der Waals surface area contributed by atoms with Gasteiger partial charge in [-0.1, -0.05) is 24.9 Å². The van der Waals surface area contributed by atoms with Crippen LogP contribution < -0.4 is 4.74 Å². The highest BCUT2D eigenvalue weighted by Gasteiger charge is 2.37. The maximum Gasteiger partial charge on any atom is 0.125 e. The van der Waals surface area contributed by atoms with Crippen LogP contribution in [0, 0.1) is 0 Å². The number of hydrogen-bond acceptors (Lipinski definition) is 3. The first-order chi connectivity index (χ1) is 9.70. The molecule has 1 fully saturated rings. The normalized spacial score (nSPS) is 30.6. The summed E-state index contributed by atoms with van der Waals surface area (Å²) < 4.78 is 5.85. The summed E-state index contributed by atoms with van der Waals surface area (Å²) in [5.74, 6) is 0.767. The first-order valence-corrected chi connectivity index (χ1v) is 7.94. The standard InChI is InChI=1S/C16H22ClNO2/c1-2-12-5-3-4-8-18(12)14-10-20-15-7-6-11(17)9-13(15)16(14)19/h6-7,9,12,14,16,19H,2-5,8,10H2,1H3. The summed E-state index contributed by atoms with van der Waals surface area (Å²) in [6.45, 7) is 3.84. The van der Waals surface area contributed by atoms with Crippen LogP contribution in [0.25, 0.3) is 0 Å². The van der Waals surface area contributed by atoms with Crippen molar-refractivity contribution in [3.05, 3.63) is 28.8 Å². The smallest absolute Gasteiger partial charge is 0.125 e. The van der Waals surface area contributed by atoms with Gasteiger partial charge in [0.2, 0.25) is 0 Å². The summed E-state index contributed by atoms with van der Waals surface area (Å²) in [4.78, 5) is 2.44. The lowest BCUT2D eigenvalue weighted by atomic mass is 9.92. The molecule has 20 heavy (non-hydrogen) atoms. The molecule has 4 heteroatoms. The van der Waals surface area contributed by atoms with Crippen LogP contribution in [0.15, 0.2) is 18.2 Å². The van der Waals surface area contributed by atoms with E-state index in [2.05, 4.69) is 11.8 Å². The fraction of sp³-hybridized carbons (Fsp3) is 0.625. The van der Waals surface area contributed by atoms with Crippen molar-refractivity contribution in [3.63, 3.8) is 0 Å². The lowest BCUT2D eigenvalue weighted by molar-refractivity contribution is -0.0293. The number of rotatable bonds is 2. The molecule has 3 nitrogen and oxygen atoms in total. The number of benzene rings is 1. The molecule has 1 N–H and O–H groups in total. The van der Waals surface area contributed by atoms with Crippen molar-refractivity contribution in [2.75, 3.05) is 13.2 Å². The Labute approximate surface area is 125 Å². The molecule has 0 saturated carbocycles. The summed E-state index contributed by atoms with van der Waals surface area (Å²) in [6, 6.07) is 6.10. The molecule has 3 unspecified atom stereocenters. The SMILES string of the molecule is CCC1CCCCN1C1COc2ccc(Cl)cc2C1O. The average molecular weight is 296 g/mol. The lowest BCUT2D eigenvalue weighted by Crippen LogP contribution is -2.52. The molecule has 2 aliphatic heterocycles. The molecule has 110 valence electrons. The molecule has 1 saturated heterocycles. The molecule has 3 rings (SSSR count). The molecule has 3 atom stereocenters. The largest absolute Gasteiger partial charge is 0.491 e. The van der Waals surface area contributed by atoms with Gasteiger partial charge in [-0.05, 0) is 44.0 Å². The molecular weight excluding hydrogens is 274 g/mol. The van der Waals surface area contributed by atoms with E-state index in [0.29, 0.717) is 17.7 Å². The average Bonchev–Trinajstić information content (AvgIpc) is 2.48. The van der Waals surface area contributed by atoms with Crippen molar-refractivity contribution in [2.45, 2.75) is 50.8 Å². The minimum Gasteiger partial charge on any atom is -0.491 e. The minimum atomic E-state index is -0.510. The highest BCUT2D eigenvalue weighted by Crippen LogP contribution is 2.38. The fourth-order valence-electron chi connectivity index (χ4n) is 3.53. The predicted octanol–water partition coefficient (Wildman–Crippen LogP) is 3.40. The van der Waals surface area contributed by atoms with Gasteiger partial charge in [0.05, 0.1) is 6.04 Å². The Balaban J connectivity index is 1.85. The number of aliphatic hydroxyl groups is 1. The van der Waals surface area contributed by atoms with Crippen LogP contribution in [0.1, 0.15) is 44.3 Å². The van der Waals surface area contributed by atoms with Gasteiger partial charge in [-0.15, -0.1) is 0 Å². The Bertz CT molecular complexity index is 480. The van der Waals surface area contributed by atoms with Crippen molar-refractivity contribution >= 4 is 11.6 Å². The fourth-order valence-corrected chi connectivity index (χ4v) is 3.71. The number of hydrogen-bond donors (Lipinski definition) is 1. The van der Waals surface area contributed by atoms with Gasteiger partial charge in [-0.2, -0.15) is 0 Å². The van der Waals surface area contributed by atoms with Gasteiger partial charge in [-0.3, -0.25) is 4.90 Å². The van der Waals surface area contributed by atoms with Crippen molar-refractivity contribution in [3.8, 4) is 5.75 Å². The van der Waals surface area contributed by atoms with Crippen LogP contribution in [0.5, 0.6) is 5.75 Å². The molecule has 1 aromatic carbocycles. The molecule has 0 amide bonds. The Morgan fingerprint density at radius 3 is 3.05 bits per heavy atom. The van der Waals surface area contributed by atoms with Gasteiger partial charge in [0.15, 0.2) is 0 Å². The second-order valence-electron chi connectivity index (χ2n) is 5.80. The third kappa shape index (κ3) is 2.54. The van der Waals surface area contributed by atoms with Crippen LogP contribution in [-0.4, -0.2) is 35.2 Å². The lowest BCUT2D eigenvalue weighted by Gasteiger charge is -2.44. The molecule has 0 aliphatic carbocycles. The van der Waals surface area contributed by atoms with Crippen molar-refractivity contribution in [1.29, 1.82) is 0 Å². The second kappa shape index (κ2) is 5.92. The first kappa shape index (κ1) is 14.2. The van der Waals surface area contributed by atoms with Gasteiger partial charge in [0.25, 0.3) is 0 Å². The van der Waals surface area contributed by atoms with Gasteiger partial charge in [0, 0.05) is 16.6 Å². The number of fused-ring (bicyclic) bond motifs is 1. The van der Waals surface area contributed by atoms with E-state index in [1.165, 1.54) is 19.3 Å². The maximum atomic E-state index is 10.7. The number of aliphatic hydroxyl groups excluding tert-OH is 1. The maximum absolute atomic E-state index is 10.7. The van der Waals surface area contributed by atoms with Crippen LogP contribution in [-0.2, 0) is 0 Å². The van der Waals surface area contributed by atoms with E-state index < -0.39 is 6.10 Å². The first-order valence-electron chi connectivity index (χ1n) is 7.56. The second-order valence-corrected chi connectivity index (χ2v) is 6.24. The van der Waals surface area contributed by atoms with Crippen molar-refractivity contribution in [2.24, 2.45) is 0 Å². The summed E-state index contributed by atoms with van der Waals surface area (Å²) in [6.07, 6.45) is 4.35. The molecule has 2 heterocycles. The van der Waals surface area contributed by atoms with E-state index in [9.17, 15) is 5.11 Å². The zero-order valence-corrected chi connectivity index (χ0v) is 12.6. The number of halogens is 1. The highest BCUT2D eigenvalue weighted by molar-refractivity contribution is 6.30. The Hall–Kier alpha value is -0.770. The van der Waals surface area contributed by atoms with Crippen molar-refractivity contribution in [1.82, 2.24) is 4.90 Å². The zero-order chi connectivity index (χ0) is 14.1. The van der Waals surface area contributed by atoms with E-state index in [1.807, 2.05) is 18.2 Å². The number of nitrogens with zero attached hydrogens (tertiary/aromatic N) is 1. The van der Waals surface area contributed by atoms with E-state index in [4.69, 9.17) is 16.3 Å². The van der Waals surface area contributed by atoms with Gasteiger partial charge >= 0.3 is 0 Å². The van der Waals surface area contributed by atoms with Crippen LogP contribution in [0.4, 0.5) is 0 Å². The number of likely N-dealkylation sites (tertiary alicyclic amines) is 1. The van der Waals surface area contributed by atoms with Crippen molar-refractivity contribution < 1.29 is 9.84 Å². The Morgan fingerprint density at radius 2 is 2.25 bits per heavy atom. The third-order valence-electron chi connectivity index (χ3n) is 4.63. The topological polar surface area (TPSA) is 32.7 Å². The third-order valence-corrected chi connectivity index (χ3v) is 4.87. The molecule has 0 bridgehead atoms. The van der Waals surface area contributed by atoms with Crippen LogP contribution in [0.2, 0.25) is 5.02 Å². The summed E-state index contributed by atoms with van der Waals surface area (Å²) >= 11 is 6.05. The summed E-state index contributed by atoms with van der Waals surface area (Å²) in [5, 5.41) is 11.4. The van der Waals surface area contributed by atoms with E-state index in [1.54, 1.807) is 0 Å². The quantitative estimate of drug-likeness (QED) is 0.908. The minimum absolute atomic E-state index is 0.0474. The van der Waals surface area contributed by atoms with Crippen LogP contribution in [0.3, 0.4) is 0 Å². The Morgan fingerprint density at radius 1 is 1.40 bits per heavy atom. The van der Waals surface area contributed by atoms with E-state index in [0.717, 1.165) is 24.3 Å². The summed E-state index contributed by atoms with van der Waals surface area (Å²) in [7, 11) is 0. The van der Waals surface area contributed by atoms with Gasteiger partial charge in [0.1, 0.15) is 18.5 Å². The number of ether oxygens (including phenoxy) is 1. The molecule has 2 aliphatic rings. The van der Waals surface area contributed by atoms with Gasteiger partial charge in [-0.25, -0.2) is 0 Å². The van der Waals surface area contributed by atoms with Gasteiger partial charge < -0.3 is 9.84 Å². The molecule has 0 radical (unpaired) electrons. The number of piperidine rings is 1. The monoisotopic (exact) mass is 295 g/mol. The van der Waals surface area contributed by atoms with Crippen LogP contribution >= 0.6 is 11.6 Å². The Kier molecular flexibility index (Phi) is 4.20. The molecule has 0 spiro atoms. The molecule has 0 aromatic heterocycles. The molecular formula is C16H22ClNO2.